The Morgan fingerprint density at radius 3 is 2.42 bits per heavy atom. The summed E-state index contributed by atoms with van der Waals surface area (Å²) in [7, 11) is 0. The third-order valence-electron chi connectivity index (χ3n) is 3.43. The molecule has 0 saturated carbocycles. The van der Waals surface area contributed by atoms with Gasteiger partial charge in [-0.1, -0.05) is 57.6 Å². The Labute approximate surface area is 169 Å². The Morgan fingerprint density at radius 2 is 1.77 bits per heavy atom. The van der Waals surface area contributed by atoms with Gasteiger partial charge < -0.3 is 9.84 Å². The van der Waals surface area contributed by atoms with Gasteiger partial charge in [-0.05, 0) is 30.3 Å². The van der Waals surface area contributed by atoms with Gasteiger partial charge in [0.1, 0.15) is 17.3 Å². The molecule has 0 aliphatic carbocycles. The van der Waals surface area contributed by atoms with Crippen molar-refractivity contribution in [1.29, 1.82) is 5.26 Å². The lowest BCUT2D eigenvalue weighted by Gasteiger charge is -2.03. The summed E-state index contributed by atoms with van der Waals surface area (Å²) in [4.78, 5) is 0. The molecule has 0 fully saturated rings. The number of nitrogens with zero attached hydrogens (tertiary/aromatic N) is 2. The number of hydrogen-bond acceptors (Lipinski definition) is 4. The molecule has 4 nitrogen and oxygen atoms in total. The van der Waals surface area contributed by atoms with Gasteiger partial charge in [-0.3, -0.25) is 0 Å². The highest BCUT2D eigenvalue weighted by Gasteiger charge is 2.20. The average molecular weight is 425 g/mol. The van der Waals surface area contributed by atoms with E-state index in [0.717, 1.165) is 0 Å². The van der Waals surface area contributed by atoms with E-state index < -0.39 is 0 Å². The standard InChI is InChI=1S/C18H9Cl4N3O/c19-10-4-5-15(14(22)8-10)24-7-6-16-11(9-23)18(25-26-16)17-12(20)2-1-3-13(17)21/h1-8,24H/b7-6+. The van der Waals surface area contributed by atoms with Crippen molar-refractivity contribution in [2.75, 3.05) is 5.32 Å². The number of nitrogens with one attached hydrogen (secondary N) is 1. The van der Waals surface area contributed by atoms with E-state index >= 15 is 0 Å². The Bertz CT molecular complexity index is 1020. The molecule has 0 bridgehead atoms. The third-order valence-corrected chi connectivity index (χ3v) is 4.61. The van der Waals surface area contributed by atoms with Gasteiger partial charge in [0.05, 0.1) is 20.8 Å². The Balaban J connectivity index is 1.90. The van der Waals surface area contributed by atoms with Crippen LogP contribution in [0.4, 0.5) is 5.69 Å². The summed E-state index contributed by atoms with van der Waals surface area (Å²) in [6.45, 7) is 0. The van der Waals surface area contributed by atoms with E-state index in [2.05, 4.69) is 16.5 Å². The summed E-state index contributed by atoms with van der Waals surface area (Å²) in [6, 6.07) is 12.2. The zero-order chi connectivity index (χ0) is 18.7. The summed E-state index contributed by atoms with van der Waals surface area (Å²) >= 11 is 24.3. The Morgan fingerprint density at radius 1 is 1.04 bits per heavy atom. The smallest absolute Gasteiger partial charge is 0.179 e. The largest absolute Gasteiger partial charge is 0.360 e. The first-order valence-corrected chi connectivity index (χ1v) is 8.74. The van der Waals surface area contributed by atoms with E-state index in [1.165, 1.54) is 0 Å². The van der Waals surface area contributed by atoms with Crippen LogP contribution in [0.15, 0.2) is 47.1 Å². The minimum absolute atomic E-state index is 0.222. The van der Waals surface area contributed by atoms with Crippen LogP contribution in [0, 0.1) is 11.3 Å². The van der Waals surface area contributed by atoms with E-state index in [0.29, 0.717) is 31.3 Å². The van der Waals surface area contributed by atoms with Crippen molar-refractivity contribution in [1.82, 2.24) is 5.16 Å². The van der Waals surface area contributed by atoms with Crippen LogP contribution in [0.5, 0.6) is 0 Å². The lowest BCUT2D eigenvalue weighted by atomic mass is 10.1. The first-order valence-electron chi connectivity index (χ1n) is 7.23. The van der Waals surface area contributed by atoms with Gasteiger partial charge in [0.25, 0.3) is 0 Å². The summed E-state index contributed by atoms with van der Waals surface area (Å²) < 4.78 is 5.27. The predicted molar refractivity (Wildman–Crippen MR) is 106 cm³/mol. The van der Waals surface area contributed by atoms with Crippen molar-refractivity contribution in [3.8, 4) is 17.3 Å². The van der Waals surface area contributed by atoms with Crippen molar-refractivity contribution in [3.05, 3.63) is 74.0 Å². The molecule has 0 atom stereocenters. The lowest BCUT2D eigenvalue weighted by molar-refractivity contribution is 0.415. The molecule has 3 rings (SSSR count). The first-order chi connectivity index (χ1) is 12.5. The van der Waals surface area contributed by atoms with E-state index in [-0.39, 0.29) is 17.0 Å². The number of nitriles is 1. The van der Waals surface area contributed by atoms with Crippen molar-refractivity contribution in [2.24, 2.45) is 0 Å². The van der Waals surface area contributed by atoms with Gasteiger partial charge in [-0.25, -0.2) is 0 Å². The highest BCUT2D eigenvalue weighted by molar-refractivity contribution is 6.39. The number of halogens is 4. The van der Waals surface area contributed by atoms with Gasteiger partial charge in [-0.2, -0.15) is 5.26 Å². The van der Waals surface area contributed by atoms with Gasteiger partial charge in [0.2, 0.25) is 0 Å². The van der Waals surface area contributed by atoms with Gasteiger partial charge in [0.15, 0.2) is 5.76 Å². The molecule has 3 aromatic rings. The van der Waals surface area contributed by atoms with Crippen LogP contribution in [0.25, 0.3) is 17.3 Å². The van der Waals surface area contributed by atoms with Crippen LogP contribution in [0.1, 0.15) is 11.3 Å². The maximum absolute atomic E-state index is 9.50. The molecule has 1 heterocycles. The van der Waals surface area contributed by atoms with E-state index in [1.807, 2.05) is 0 Å². The molecule has 0 amide bonds. The number of benzene rings is 2. The van der Waals surface area contributed by atoms with Gasteiger partial charge in [-0.15, -0.1) is 0 Å². The minimum Gasteiger partial charge on any atom is -0.360 e. The molecule has 0 saturated heterocycles. The second-order valence-corrected chi connectivity index (χ2v) is 6.74. The van der Waals surface area contributed by atoms with Crippen LogP contribution in [-0.4, -0.2) is 5.16 Å². The summed E-state index contributed by atoms with van der Waals surface area (Å²) in [6.07, 6.45) is 3.14. The van der Waals surface area contributed by atoms with Crippen LogP contribution >= 0.6 is 46.4 Å². The summed E-state index contributed by atoms with van der Waals surface area (Å²) in [5.74, 6) is 0.260. The number of hydrogen-bond donors (Lipinski definition) is 1. The zero-order valence-corrected chi connectivity index (χ0v) is 16.0. The molecule has 0 aliphatic rings. The normalized spacial score (nSPS) is 10.9. The second kappa shape index (κ2) is 8.03. The van der Waals surface area contributed by atoms with Gasteiger partial charge >= 0.3 is 0 Å². The maximum atomic E-state index is 9.50. The highest BCUT2D eigenvalue weighted by atomic mass is 35.5. The molecule has 0 radical (unpaired) electrons. The molecule has 1 N–H and O–H groups in total. The maximum Gasteiger partial charge on any atom is 0.179 e. The van der Waals surface area contributed by atoms with E-state index in [9.17, 15) is 5.26 Å². The average Bonchev–Trinajstić information content (AvgIpc) is 2.99. The van der Waals surface area contributed by atoms with Crippen molar-refractivity contribution in [3.63, 3.8) is 0 Å². The van der Waals surface area contributed by atoms with E-state index in [4.69, 9.17) is 50.9 Å². The molecule has 130 valence electrons. The van der Waals surface area contributed by atoms with Crippen molar-refractivity contribution in [2.45, 2.75) is 0 Å². The number of anilines is 1. The molecule has 26 heavy (non-hydrogen) atoms. The monoisotopic (exact) mass is 423 g/mol. The minimum atomic E-state index is 0.222. The fraction of sp³-hybridized carbons (Fsp3) is 0. The van der Waals surface area contributed by atoms with E-state index in [1.54, 1.807) is 48.7 Å². The third kappa shape index (κ3) is 3.82. The van der Waals surface area contributed by atoms with Crippen molar-refractivity contribution < 1.29 is 4.52 Å². The zero-order valence-electron chi connectivity index (χ0n) is 12.9. The van der Waals surface area contributed by atoms with Crippen LogP contribution in [0.2, 0.25) is 20.1 Å². The topological polar surface area (TPSA) is 61.9 Å². The van der Waals surface area contributed by atoms with Crippen LogP contribution in [0.3, 0.4) is 0 Å². The van der Waals surface area contributed by atoms with Crippen LogP contribution < -0.4 is 5.32 Å². The summed E-state index contributed by atoms with van der Waals surface area (Å²) in [5.41, 5.74) is 1.61. The SMILES string of the molecule is N#Cc1c(-c2c(Cl)cccc2Cl)noc1/C=C/Nc1ccc(Cl)cc1Cl. The Hall–Kier alpha value is -2.16. The molecular weight excluding hydrogens is 416 g/mol. The quantitative estimate of drug-likeness (QED) is 0.494. The van der Waals surface area contributed by atoms with Crippen molar-refractivity contribution >= 4 is 58.2 Å². The number of rotatable bonds is 4. The lowest BCUT2D eigenvalue weighted by Crippen LogP contribution is -1.89. The molecule has 0 aliphatic heterocycles. The predicted octanol–water partition coefficient (Wildman–Crippen LogP) is 6.91. The van der Waals surface area contributed by atoms with Crippen LogP contribution in [-0.2, 0) is 0 Å². The summed E-state index contributed by atoms with van der Waals surface area (Å²) in [5, 5.41) is 18.2. The molecule has 1 aromatic heterocycles. The highest BCUT2D eigenvalue weighted by Crippen LogP contribution is 2.36. The molecule has 2 aromatic carbocycles. The first kappa shape index (κ1) is 18.6. The molecular formula is C18H9Cl4N3O. The fourth-order valence-electron chi connectivity index (χ4n) is 2.23. The molecule has 0 spiro atoms. The molecule has 0 unspecified atom stereocenters. The fourth-order valence-corrected chi connectivity index (χ4v) is 3.27. The van der Waals surface area contributed by atoms with Gasteiger partial charge in [0, 0.05) is 22.9 Å². The Kier molecular flexibility index (Phi) is 5.75. The molecule has 8 heteroatoms. The second-order valence-electron chi connectivity index (χ2n) is 5.08. The number of aromatic nitrogens is 1.